The van der Waals surface area contributed by atoms with E-state index in [1.807, 2.05) is 30.3 Å². The maximum Gasteiger partial charge on any atom is 0.260 e. The fraction of sp³-hybridized carbons (Fsp3) is 0.312. The highest BCUT2D eigenvalue weighted by Crippen LogP contribution is 2.20. The molecule has 2 heterocycles. The minimum Gasteiger partial charge on any atom is -0.484 e. The molecule has 0 saturated heterocycles. The lowest BCUT2D eigenvalue weighted by molar-refractivity contribution is -0.134. The highest BCUT2D eigenvalue weighted by Gasteiger charge is 2.25. The number of hydrogen-bond acceptors (Lipinski definition) is 4. The molecule has 0 unspecified atom stereocenters. The number of carbonyl (C=O) groups excluding carboxylic acids is 2. The molecule has 6 nitrogen and oxygen atoms in total. The molecule has 0 radical (unpaired) electrons. The molecule has 3 rings (SSSR count). The van der Waals surface area contributed by atoms with Crippen LogP contribution in [0.25, 0.3) is 0 Å². The number of rotatable bonds is 5. The number of aromatic amines is 1. The van der Waals surface area contributed by atoms with Crippen LogP contribution >= 0.6 is 0 Å². The maximum atomic E-state index is 12.3. The number of ether oxygens (including phenoxy) is 1. The van der Waals surface area contributed by atoms with Gasteiger partial charge < -0.3 is 14.4 Å². The van der Waals surface area contributed by atoms with Crippen molar-refractivity contribution in [2.45, 2.75) is 19.4 Å². The average molecular weight is 299 g/mol. The summed E-state index contributed by atoms with van der Waals surface area (Å²) in [5.74, 6) is 0.617. The molecule has 6 heteroatoms. The first-order chi connectivity index (χ1) is 10.8. The van der Waals surface area contributed by atoms with Crippen LogP contribution < -0.4 is 4.74 Å². The molecular weight excluding hydrogens is 282 g/mol. The number of H-pyrrole nitrogens is 1. The molecule has 0 fully saturated rings. The van der Waals surface area contributed by atoms with Crippen LogP contribution in [0.5, 0.6) is 5.75 Å². The fourth-order valence-electron chi connectivity index (χ4n) is 2.57. The van der Waals surface area contributed by atoms with Crippen LogP contribution in [0.2, 0.25) is 0 Å². The minimum atomic E-state index is -0.0623. The molecule has 0 spiro atoms. The summed E-state index contributed by atoms with van der Waals surface area (Å²) in [5.41, 5.74) is 2.71. The molecule has 22 heavy (non-hydrogen) atoms. The van der Waals surface area contributed by atoms with Crippen LogP contribution in [0.15, 0.2) is 30.3 Å². The van der Waals surface area contributed by atoms with Crippen LogP contribution in [-0.4, -0.2) is 40.4 Å². The second kappa shape index (κ2) is 6.43. The van der Waals surface area contributed by atoms with E-state index in [4.69, 9.17) is 4.74 Å². The van der Waals surface area contributed by atoms with Gasteiger partial charge in [-0.2, -0.15) is 5.10 Å². The Kier molecular flexibility index (Phi) is 4.18. The number of aromatic nitrogens is 2. The first-order valence-corrected chi connectivity index (χ1v) is 7.22. The third kappa shape index (κ3) is 3.00. The number of nitrogens with zero attached hydrogens (tertiary/aromatic N) is 2. The predicted molar refractivity (Wildman–Crippen MR) is 79.4 cm³/mol. The standard InChI is InChI=1S/C16H17N3O3/c20-9-7-15-13-10-19(8-6-14(13)17-18-15)16(21)11-22-12-4-2-1-3-5-12/h1-5,9H,6-8,10-11H2,(H,17,18). The van der Waals surface area contributed by atoms with Gasteiger partial charge in [0.05, 0.1) is 5.69 Å². The minimum absolute atomic E-state index is 0.0141. The SMILES string of the molecule is O=CCc1n[nH]c2c1CN(C(=O)COc1ccccc1)CC2. The molecular formula is C16H17N3O3. The van der Waals surface area contributed by atoms with Crippen molar-refractivity contribution in [3.05, 3.63) is 47.3 Å². The van der Waals surface area contributed by atoms with Gasteiger partial charge in [0, 0.05) is 37.2 Å². The van der Waals surface area contributed by atoms with Crippen molar-refractivity contribution in [3.8, 4) is 5.75 Å². The lowest BCUT2D eigenvalue weighted by Gasteiger charge is -2.27. The van der Waals surface area contributed by atoms with Gasteiger partial charge in [-0.25, -0.2) is 0 Å². The summed E-state index contributed by atoms with van der Waals surface area (Å²) in [7, 11) is 0. The van der Waals surface area contributed by atoms with E-state index < -0.39 is 0 Å². The van der Waals surface area contributed by atoms with E-state index in [2.05, 4.69) is 10.2 Å². The highest BCUT2D eigenvalue weighted by atomic mass is 16.5. The normalized spacial score (nSPS) is 13.5. The number of benzene rings is 1. The molecule has 1 amide bonds. The molecule has 0 atom stereocenters. The molecule has 0 aliphatic carbocycles. The van der Waals surface area contributed by atoms with E-state index >= 15 is 0 Å². The van der Waals surface area contributed by atoms with Gasteiger partial charge in [-0.3, -0.25) is 9.89 Å². The zero-order valence-electron chi connectivity index (χ0n) is 12.1. The lowest BCUT2D eigenvalue weighted by atomic mass is 10.0. The highest BCUT2D eigenvalue weighted by molar-refractivity contribution is 5.78. The van der Waals surface area contributed by atoms with Gasteiger partial charge in [0.25, 0.3) is 5.91 Å². The molecule has 1 N–H and O–H groups in total. The Morgan fingerprint density at radius 3 is 2.95 bits per heavy atom. The van der Waals surface area contributed by atoms with Crippen molar-refractivity contribution in [2.24, 2.45) is 0 Å². The molecule has 1 aliphatic rings. The van der Waals surface area contributed by atoms with Crippen molar-refractivity contribution >= 4 is 12.2 Å². The van der Waals surface area contributed by atoms with Gasteiger partial charge >= 0.3 is 0 Å². The van der Waals surface area contributed by atoms with Crippen LogP contribution in [0, 0.1) is 0 Å². The molecule has 2 aromatic rings. The van der Waals surface area contributed by atoms with Crippen molar-refractivity contribution in [2.75, 3.05) is 13.2 Å². The molecule has 1 aliphatic heterocycles. The van der Waals surface area contributed by atoms with Crippen molar-refractivity contribution in [3.63, 3.8) is 0 Å². The summed E-state index contributed by atoms with van der Waals surface area (Å²) in [6.45, 7) is 1.12. The maximum absolute atomic E-state index is 12.3. The van der Waals surface area contributed by atoms with Gasteiger partial charge in [0.2, 0.25) is 0 Å². The number of amides is 1. The second-order valence-electron chi connectivity index (χ2n) is 5.17. The van der Waals surface area contributed by atoms with E-state index in [9.17, 15) is 9.59 Å². The molecule has 114 valence electrons. The smallest absolute Gasteiger partial charge is 0.260 e. The van der Waals surface area contributed by atoms with Gasteiger partial charge in [-0.1, -0.05) is 18.2 Å². The monoisotopic (exact) mass is 299 g/mol. The topological polar surface area (TPSA) is 75.3 Å². The third-order valence-corrected chi connectivity index (χ3v) is 3.75. The van der Waals surface area contributed by atoms with Gasteiger partial charge in [0.15, 0.2) is 6.61 Å². The predicted octanol–water partition coefficient (Wildman–Crippen LogP) is 1.11. The van der Waals surface area contributed by atoms with Crippen LogP contribution in [0.1, 0.15) is 17.0 Å². The van der Waals surface area contributed by atoms with Crippen molar-refractivity contribution in [1.29, 1.82) is 0 Å². The van der Waals surface area contributed by atoms with E-state index in [1.165, 1.54) is 0 Å². The van der Waals surface area contributed by atoms with Crippen LogP contribution in [0.3, 0.4) is 0 Å². The van der Waals surface area contributed by atoms with Crippen LogP contribution in [0.4, 0.5) is 0 Å². The third-order valence-electron chi connectivity index (χ3n) is 3.75. The Balaban J connectivity index is 1.62. The quantitative estimate of drug-likeness (QED) is 0.839. The summed E-state index contributed by atoms with van der Waals surface area (Å²) in [4.78, 5) is 24.7. The molecule has 0 saturated carbocycles. The average Bonchev–Trinajstić information content (AvgIpc) is 2.96. The Morgan fingerprint density at radius 1 is 1.36 bits per heavy atom. The van der Waals surface area contributed by atoms with Crippen molar-refractivity contribution < 1.29 is 14.3 Å². The van der Waals surface area contributed by atoms with Crippen molar-refractivity contribution in [1.82, 2.24) is 15.1 Å². The first kappa shape index (κ1) is 14.3. The zero-order chi connectivity index (χ0) is 15.4. The summed E-state index contributed by atoms with van der Waals surface area (Å²) in [6.07, 6.45) is 1.82. The van der Waals surface area contributed by atoms with Gasteiger partial charge in [-0.05, 0) is 12.1 Å². The summed E-state index contributed by atoms with van der Waals surface area (Å²) < 4.78 is 5.50. The summed E-state index contributed by atoms with van der Waals surface area (Å²) in [5, 5.41) is 7.10. The molecule has 1 aromatic heterocycles. The number of para-hydroxylation sites is 1. The Labute approximate surface area is 128 Å². The lowest BCUT2D eigenvalue weighted by Crippen LogP contribution is -2.39. The second-order valence-corrected chi connectivity index (χ2v) is 5.17. The summed E-state index contributed by atoms with van der Waals surface area (Å²) >= 11 is 0. The van der Waals surface area contributed by atoms with E-state index in [0.29, 0.717) is 18.8 Å². The number of fused-ring (bicyclic) bond motifs is 1. The molecule has 0 bridgehead atoms. The largest absolute Gasteiger partial charge is 0.484 e. The zero-order valence-corrected chi connectivity index (χ0v) is 12.1. The van der Waals surface area contributed by atoms with E-state index in [0.717, 1.165) is 29.7 Å². The van der Waals surface area contributed by atoms with Crippen LogP contribution in [-0.2, 0) is 29.0 Å². The Bertz CT molecular complexity index is 667. The number of nitrogens with one attached hydrogen (secondary N) is 1. The fourth-order valence-corrected chi connectivity index (χ4v) is 2.57. The molecule has 1 aromatic carbocycles. The van der Waals surface area contributed by atoms with E-state index in [1.54, 1.807) is 4.90 Å². The summed E-state index contributed by atoms with van der Waals surface area (Å²) in [6, 6.07) is 9.27. The van der Waals surface area contributed by atoms with Gasteiger partial charge in [0.1, 0.15) is 12.0 Å². The Hall–Kier alpha value is -2.63. The van der Waals surface area contributed by atoms with E-state index in [-0.39, 0.29) is 18.9 Å². The number of hydrogen-bond donors (Lipinski definition) is 1. The number of carbonyl (C=O) groups is 2. The first-order valence-electron chi connectivity index (χ1n) is 7.22. The number of aldehydes is 1. The van der Waals surface area contributed by atoms with Gasteiger partial charge in [-0.15, -0.1) is 0 Å². The Morgan fingerprint density at radius 2 is 2.18 bits per heavy atom.